The van der Waals surface area contributed by atoms with E-state index >= 15 is 0 Å². The highest BCUT2D eigenvalue weighted by Crippen LogP contribution is 2.26. The second kappa shape index (κ2) is 7.85. The van der Waals surface area contributed by atoms with Crippen LogP contribution in [0.3, 0.4) is 0 Å². The average Bonchev–Trinajstić information content (AvgIpc) is 2.38. The van der Waals surface area contributed by atoms with Gasteiger partial charge in [0.2, 0.25) is 10.0 Å². The molecule has 0 aliphatic heterocycles. The molecule has 0 amide bonds. The lowest BCUT2D eigenvalue weighted by atomic mass is 9.85. The molecule has 0 aromatic heterocycles. The van der Waals surface area contributed by atoms with E-state index in [4.69, 9.17) is 0 Å². The van der Waals surface area contributed by atoms with Crippen LogP contribution in [0.5, 0.6) is 0 Å². The molecule has 1 aliphatic carbocycles. The first-order chi connectivity index (χ1) is 8.94. The number of methoxy groups -OCH3 is 1. The molecule has 1 fully saturated rings. The van der Waals surface area contributed by atoms with Crippen molar-refractivity contribution in [2.45, 2.75) is 57.9 Å². The minimum Gasteiger partial charge on any atom is -0.469 e. The van der Waals surface area contributed by atoms with Gasteiger partial charge in [-0.25, -0.2) is 13.1 Å². The van der Waals surface area contributed by atoms with Crippen LogP contribution in [0.1, 0.15) is 51.9 Å². The van der Waals surface area contributed by atoms with Crippen molar-refractivity contribution in [1.29, 1.82) is 0 Å². The van der Waals surface area contributed by atoms with Crippen molar-refractivity contribution < 1.29 is 17.9 Å². The van der Waals surface area contributed by atoms with Gasteiger partial charge in [-0.05, 0) is 32.1 Å². The van der Waals surface area contributed by atoms with Gasteiger partial charge < -0.3 is 4.74 Å². The summed E-state index contributed by atoms with van der Waals surface area (Å²) < 4.78 is 31.0. The summed E-state index contributed by atoms with van der Waals surface area (Å²) in [4.78, 5) is 10.9. The number of carbonyl (C=O) groups is 1. The van der Waals surface area contributed by atoms with Crippen LogP contribution in [0.25, 0.3) is 0 Å². The number of carbonyl (C=O) groups excluding carboxylic acids is 1. The number of sulfonamides is 1. The summed E-state index contributed by atoms with van der Waals surface area (Å²) in [6.45, 7) is 1.94. The second-order valence-electron chi connectivity index (χ2n) is 5.30. The average molecular weight is 291 g/mol. The summed E-state index contributed by atoms with van der Waals surface area (Å²) in [5, 5.41) is 0. The zero-order chi connectivity index (χ0) is 14.3. The molecular formula is C13H25NO4S. The van der Waals surface area contributed by atoms with Crippen LogP contribution < -0.4 is 4.72 Å². The fourth-order valence-corrected chi connectivity index (χ4v) is 3.98. The molecule has 112 valence electrons. The van der Waals surface area contributed by atoms with Crippen LogP contribution in [0.2, 0.25) is 0 Å². The topological polar surface area (TPSA) is 72.5 Å². The Morgan fingerprint density at radius 1 is 1.32 bits per heavy atom. The van der Waals surface area contributed by atoms with Gasteiger partial charge in [0.1, 0.15) is 0 Å². The smallest absolute Gasteiger partial charge is 0.305 e. The summed E-state index contributed by atoms with van der Waals surface area (Å²) in [5.74, 6) is 0.0683. The summed E-state index contributed by atoms with van der Waals surface area (Å²) in [6, 6.07) is -0.0107. The summed E-state index contributed by atoms with van der Waals surface area (Å²) in [7, 11) is -1.99. The lowest BCUT2D eigenvalue weighted by molar-refractivity contribution is -0.140. The van der Waals surface area contributed by atoms with Crippen LogP contribution >= 0.6 is 0 Å². The molecule has 1 saturated carbocycles. The number of esters is 1. The maximum Gasteiger partial charge on any atom is 0.305 e. The molecule has 1 rings (SSSR count). The number of rotatable bonds is 7. The Labute approximate surface area is 116 Å². The highest BCUT2D eigenvalue weighted by molar-refractivity contribution is 7.89. The molecule has 5 nitrogen and oxygen atoms in total. The van der Waals surface area contributed by atoms with E-state index in [1.165, 1.54) is 26.4 Å². The van der Waals surface area contributed by atoms with Gasteiger partial charge >= 0.3 is 5.97 Å². The first-order valence-corrected chi connectivity index (χ1v) is 8.66. The Kier molecular flexibility index (Phi) is 6.79. The summed E-state index contributed by atoms with van der Waals surface area (Å²) in [6.07, 6.45) is 6.31. The van der Waals surface area contributed by atoms with E-state index < -0.39 is 10.0 Å². The molecular weight excluding hydrogens is 266 g/mol. The van der Waals surface area contributed by atoms with Gasteiger partial charge in [-0.2, -0.15) is 0 Å². The molecule has 19 heavy (non-hydrogen) atoms. The zero-order valence-corrected chi connectivity index (χ0v) is 12.7. The SMILES string of the molecule is COC(=O)CCCS(=O)(=O)NC(C)C1CCCCC1. The van der Waals surface area contributed by atoms with Gasteiger partial charge in [-0.15, -0.1) is 0 Å². The Hall–Kier alpha value is -0.620. The highest BCUT2D eigenvalue weighted by Gasteiger charge is 2.23. The van der Waals surface area contributed by atoms with Crippen LogP contribution in [0.4, 0.5) is 0 Å². The Morgan fingerprint density at radius 3 is 2.53 bits per heavy atom. The molecule has 1 atom stereocenters. The molecule has 0 aromatic carbocycles. The fourth-order valence-electron chi connectivity index (χ4n) is 2.58. The summed E-state index contributed by atoms with van der Waals surface area (Å²) >= 11 is 0. The molecule has 1 aliphatic rings. The standard InChI is InChI=1S/C13H25NO4S/c1-11(12-7-4-3-5-8-12)14-19(16,17)10-6-9-13(15)18-2/h11-12,14H,3-10H2,1-2H3. The number of hydrogen-bond donors (Lipinski definition) is 1. The third-order valence-electron chi connectivity index (χ3n) is 3.74. The fraction of sp³-hybridized carbons (Fsp3) is 0.923. The monoisotopic (exact) mass is 291 g/mol. The Bertz CT molecular complexity index is 374. The van der Waals surface area contributed by atoms with Crippen LogP contribution in [-0.4, -0.2) is 33.3 Å². The molecule has 0 saturated heterocycles. The molecule has 0 heterocycles. The van der Waals surface area contributed by atoms with Crippen LogP contribution in [0.15, 0.2) is 0 Å². The van der Waals surface area contributed by atoms with E-state index in [0.29, 0.717) is 12.3 Å². The van der Waals surface area contributed by atoms with E-state index in [2.05, 4.69) is 9.46 Å². The van der Waals surface area contributed by atoms with Gasteiger partial charge in [0.25, 0.3) is 0 Å². The highest BCUT2D eigenvalue weighted by atomic mass is 32.2. The molecule has 6 heteroatoms. The van der Waals surface area contributed by atoms with Crippen molar-refractivity contribution >= 4 is 16.0 Å². The maximum absolute atomic E-state index is 11.9. The Balaban J connectivity index is 2.34. The normalized spacial score (nSPS) is 19.1. The van der Waals surface area contributed by atoms with Crippen LogP contribution in [-0.2, 0) is 19.6 Å². The van der Waals surface area contributed by atoms with Crippen molar-refractivity contribution in [3.63, 3.8) is 0 Å². The van der Waals surface area contributed by atoms with Crippen molar-refractivity contribution in [2.75, 3.05) is 12.9 Å². The van der Waals surface area contributed by atoms with Gasteiger partial charge in [-0.3, -0.25) is 4.79 Å². The molecule has 0 radical (unpaired) electrons. The molecule has 0 spiro atoms. The van der Waals surface area contributed by atoms with E-state index in [1.807, 2.05) is 6.92 Å². The molecule has 0 aromatic rings. The van der Waals surface area contributed by atoms with Crippen molar-refractivity contribution in [3.8, 4) is 0 Å². The van der Waals surface area contributed by atoms with Crippen LogP contribution in [0, 0.1) is 5.92 Å². The first-order valence-electron chi connectivity index (χ1n) is 7.01. The first kappa shape index (κ1) is 16.4. The van der Waals surface area contributed by atoms with Gasteiger partial charge in [0.05, 0.1) is 12.9 Å². The predicted octanol–water partition coefficient (Wildman–Crippen LogP) is 1.83. The van der Waals surface area contributed by atoms with E-state index in [9.17, 15) is 13.2 Å². The molecule has 1 N–H and O–H groups in total. The minimum absolute atomic E-state index is 0.0107. The van der Waals surface area contributed by atoms with Gasteiger partial charge in [0, 0.05) is 12.5 Å². The van der Waals surface area contributed by atoms with E-state index in [-0.39, 0.29) is 24.2 Å². The largest absolute Gasteiger partial charge is 0.469 e. The third kappa shape index (κ3) is 6.38. The van der Waals surface area contributed by atoms with E-state index in [1.54, 1.807) is 0 Å². The van der Waals surface area contributed by atoms with Gasteiger partial charge in [-0.1, -0.05) is 19.3 Å². The Morgan fingerprint density at radius 2 is 1.95 bits per heavy atom. The summed E-state index contributed by atoms with van der Waals surface area (Å²) in [5.41, 5.74) is 0. The van der Waals surface area contributed by atoms with E-state index in [0.717, 1.165) is 12.8 Å². The van der Waals surface area contributed by atoms with Crippen molar-refractivity contribution in [3.05, 3.63) is 0 Å². The van der Waals surface area contributed by atoms with Gasteiger partial charge in [0.15, 0.2) is 0 Å². The third-order valence-corrected chi connectivity index (χ3v) is 5.30. The second-order valence-corrected chi connectivity index (χ2v) is 7.18. The lowest BCUT2D eigenvalue weighted by Crippen LogP contribution is -2.40. The minimum atomic E-state index is -3.29. The quantitative estimate of drug-likeness (QED) is 0.726. The zero-order valence-electron chi connectivity index (χ0n) is 11.9. The predicted molar refractivity (Wildman–Crippen MR) is 74.2 cm³/mol. The van der Waals surface area contributed by atoms with Crippen molar-refractivity contribution in [2.24, 2.45) is 5.92 Å². The number of hydrogen-bond acceptors (Lipinski definition) is 4. The number of ether oxygens (including phenoxy) is 1. The maximum atomic E-state index is 11.9. The lowest BCUT2D eigenvalue weighted by Gasteiger charge is -2.28. The van der Waals surface area contributed by atoms with Crippen molar-refractivity contribution in [1.82, 2.24) is 4.72 Å². The number of nitrogens with one attached hydrogen (secondary N) is 1. The molecule has 0 bridgehead atoms. The molecule has 1 unspecified atom stereocenters.